The Morgan fingerprint density at radius 1 is 1.28 bits per heavy atom. The molecule has 0 spiro atoms. The summed E-state index contributed by atoms with van der Waals surface area (Å²) in [4.78, 5) is 21.1. The lowest BCUT2D eigenvalue weighted by molar-refractivity contribution is -0.192. The van der Waals surface area contributed by atoms with Gasteiger partial charge in [0.25, 0.3) is 5.91 Å². The Balaban J connectivity index is 0.000000516. The molecule has 1 amide bonds. The van der Waals surface area contributed by atoms with Crippen LogP contribution in [0.5, 0.6) is 0 Å². The number of carbonyl (C=O) groups is 2. The van der Waals surface area contributed by atoms with Gasteiger partial charge in [-0.3, -0.25) is 4.79 Å². The van der Waals surface area contributed by atoms with E-state index in [-0.39, 0.29) is 31.4 Å². The molecule has 164 valence electrons. The van der Waals surface area contributed by atoms with Gasteiger partial charge in [0.1, 0.15) is 17.7 Å². The number of ether oxygens (including phenoxy) is 1. The van der Waals surface area contributed by atoms with Crippen molar-refractivity contribution in [2.75, 3.05) is 19.8 Å². The molecule has 2 atom stereocenters. The van der Waals surface area contributed by atoms with Crippen LogP contribution in [0.25, 0.3) is 0 Å². The number of carbonyl (C=O) groups excluding carboxylic acids is 1. The summed E-state index contributed by atoms with van der Waals surface area (Å²) < 4.78 is 64.0. The van der Waals surface area contributed by atoms with E-state index in [0.717, 1.165) is 12.1 Å². The summed E-state index contributed by atoms with van der Waals surface area (Å²) in [7, 11) is 0. The zero-order chi connectivity index (χ0) is 22.4. The number of alkyl halides is 3. The second kappa shape index (κ2) is 9.94. The summed E-state index contributed by atoms with van der Waals surface area (Å²) in [5.41, 5.74) is -0.814. The topological polar surface area (TPSA) is 108 Å². The first-order chi connectivity index (χ1) is 13.3. The van der Waals surface area contributed by atoms with Crippen LogP contribution in [0.2, 0.25) is 0 Å². The van der Waals surface area contributed by atoms with Gasteiger partial charge in [0, 0.05) is 18.2 Å². The highest BCUT2D eigenvalue weighted by Gasteiger charge is 2.38. The lowest BCUT2D eigenvalue weighted by Gasteiger charge is -2.33. The lowest BCUT2D eigenvalue weighted by atomic mass is 9.93. The van der Waals surface area contributed by atoms with Gasteiger partial charge in [-0.25, -0.2) is 13.6 Å². The fourth-order valence-electron chi connectivity index (χ4n) is 2.36. The van der Waals surface area contributed by atoms with E-state index in [1.165, 1.54) is 6.07 Å². The third-order valence-electron chi connectivity index (χ3n) is 3.89. The first-order valence-electron chi connectivity index (χ1n) is 8.31. The molecule has 0 unspecified atom stereocenters. The molecule has 1 saturated heterocycles. The van der Waals surface area contributed by atoms with Crippen LogP contribution in [0.1, 0.15) is 19.4 Å². The lowest BCUT2D eigenvalue weighted by Crippen LogP contribution is -2.56. The molecule has 1 aliphatic rings. The van der Waals surface area contributed by atoms with Crippen molar-refractivity contribution in [3.05, 3.63) is 35.4 Å². The fraction of sp³-hybridized carbons (Fsp3) is 0.529. The number of halogens is 5. The smallest absolute Gasteiger partial charge is 0.475 e. The number of amides is 1. The van der Waals surface area contributed by atoms with Crippen LogP contribution in [0.4, 0.5) is 22.0 Å². The minimum atomic E-state index is -5.08. The number of carboxylic acids is 1. The summed E-state index contributed by atoms with van der Waals surface area (Å²) in [6.45, 7) is 3.68. The van der Waals surface area contributed by atoms with Gasteiger partial charge in [0.05, 0.1) is 24.8 Å². The Bertz CT molecular complexity index is 719. The normalized spacial score (nSPS) is 19.7. The van der Waals surface area contributed by atoms with E-state index in [4.69, 9.17) is 19.7 Å². The quantitative estimate of drug-likeness (QED) is 0.539. The third-order valence-corrected chi connectivity index (χ3v) is 3.89. The van der Waals surface area contributed by atoms with E-state index in [2.05, 4.69) is 10.6 Å². The number of benzene rings is 1. The summed E-state index contributed by atoms with van der Waals surface area (Å²) in [6, 6.07) is 3.06. The molecule has 0 aromatic heterocycles. The van der Waals surface area contributed by atoms with Crippen molar-refractivity contribution in [1.82, 2.24) is 10.6 Å². The average Bonchev–Trinajstić information content (AvgIpc) is 2.60. The minimum Gasteiger partial charge on any atom is -0.475 e. The Labute approximate surface area is 162 Å². The van der Waals surface area contributed by atoms with Crippen molar-refractivity contribution < 1.29 is 46.5 Å². The molecule has 0 radical (unpaired) electrons. The maximum atomic E-state index is 13.9. The van der Waals surface area contributed by atoms with Crippen molar-refractivity contribution in [2.45, 2.75) is 37.7 Å². The van der Waals surface area contributed by atoms with Gasteiger partial charge in [-0.05, 0) is 19.9 Å². The van der Waals surface area contributed by atoms with Gasteiger partial charge in [-0.15, -0.1) is 0 Å². The van der Waals surface area contributed by atoms with Gasteiger partial charge in [-0.1, -0.05) is 6.07 Å². The predicted octanol–water partition coefficient (Wildman–Crippen LogP) is 1.30. The molecule has 12 heteroatoms. The van der Waals surface area contributed by atoms with Crippen molar-refractivity contribution in [1.29, 1.82) is 0 Å². The minimum absolute atomic E-state index is 0.0688. The summed E-state index contributed by atoms with van der Waals surface area (Å²) >= 11 is 0. The molecule has 1 aromatic carbocycles. The Kier molecular flexibility index (Phi) is 8.48. The van der Waals surface area contributed by atoms with Gasteiger partial charge in [0.15, 0.2) is 0 Å². The molecule has 0 aliphatic carbocycles. The maximum Gasteiger partial charge on any atom is 0.490 e. The van der Waals surface area contributed by atoms with E-state index in [1.807, 2.05) is 0 Å². The summed E-state index contributed by atoms with van der Waals surface area (Å²) in [5.74, 6) is -4.53. The number of morpholine rings is 1. The van der Waals surface area contributed by atoms with Gasteiger partial charge < -0.3 is 25.6 Å². The highest BCUT2D eigenvalue weighted by molar-refractivity contribution is 5.82. The Morgan fingerprint density at radius 2 is 1.86 bits per heavy atom. The van der Waals surface area contributed by atoms with Crippen LogP contribution in [0.15, 0.2) is 18.2 Å². The molecular formula is C17H21F5N2O5. The number of hydrogen-bond acceptors (Lipinski definition) is 5. The number of aliphatic carboxylic acids is 1. The van der Waals surface area contributed by atoms with Crippen molar-refractivity contribution >= 4 is 11.9 Å². The molecule has 1 fully saturated rings. The summed E-state index contributed by atoms with van der Waals surface area (Å²) in [5, 5.41) is 21.8. The van der Waals surface area contributed by atoms with Crippen molar-refractivity contribution in [3.63, 3.8) is 0 Å². The monoisotopic (exact) mass is 428 g/mol. The molecule has 4 N–H and O–H groups in total. The van der Waals surface area contributed by atoms with E-state index >= 15 is 0 Å². The van der Waals surface area contributed by atoms with E-state index in [9.17, 15) is 26.7 Å². The van der Waals surface area contributed by atoms with Crippen LogP contribution in [0.3, 0.4) is 0 Å². The van der Waals surface area contributed by atoms with Gasteiger partial charge >= 0.3 is 12.1 Å². The SMILES string of the molecule is CC(C)(NC(=O)[C@@H]1CN[C@H](CO)CO1)c1ccc(F)cc1F.O=C(O)C(F)(F)F. The number of carboxylic acid groups (broad SMARTS) is 1. The molecule has 1 aliphatic heterocycles. The second-order valence-electron chi connectivity index (χ2n) is 6.65. The molecule has 1 aromatic rings. The van der Waals surface area contributed by atoms with E-state index in [0.29, 0.717) is 0 Å². The number of aliphatic hydroxyl groups is 1. The highest BCUT2D eigenvalue weighted by atomic mass is 19.4. The Morgan fingerprint density at radius 3 is 2.28 bits per heavy atom. The molecule has 0 saturated carbocycles. The zero-order valence-corrected chi connectivity index (χ0v) is 15.5. The molecule has 7 nitrogen and oxygen atoms in total. The predicted molar refractivity (Wildman–Crippen MR) is 89.8 cm³/mol. The van der Waals surface area contributed by atoms with Crippen LogP contribution in [-0.2, 0) is 19.9 Å². The number of aliphatic hydroxyl groups excluding tert-OH is 1. The van der Waals surface area contributed by atoms with Gasteiger partial charge in [0.2, 0.25) is 0 Å². The molecule has 29 heavy (non-hydrogen) atoms. The van der Waals surface area contributed by atoms with E-state index in [1.54, 1.807) is 13.8 Å². The van der Waals surface area contributed by atoms with Crippen LogP contribution < -0.4 is 10.6 Å². The fourth-order valence-corrected chi connectivity index (χ4v) is 2.36. The van der Waals surface area contributed by atoms with Crippen LogP contribution in [0, 0.1) is 11.6 Å². The molecule has 1 heterocycles. The maximum absolute atomic E-state index is 13.9. The standard InChI is InChI=1S/C15H20F2N2O3.C2HF3O2/c1-15(2,11-4-3-9(16)5-12(11)17)19-14(21)13-6-18-10(7-20)8-22-13;3-2(4,5)1(6)7/h3-5,10,13,18,20H,6-8H2,1-2H3,(H,19,21);(H,6,7)/t10-,13+;/m1./s1. The summed E-state index contributed by atoms with van der Waals surface area (Å²) in [6.07, 6.45) is -5.80. The molecule has 0 bridgehead atoms. The van der Waals surface area contributed by atoms with Crippen molar-refractivity contribution in [2.24, 2.45) is 0 Å². The number of nitrogens with one attached hydrogen (secondary N) is 2. The molecular weight excluding hydrogens is 407 g/mol. The first-order valence-corrected chi connectivity index (χ1v) is 8.31. The van der Waals surface area contributed by atoms with Gasteiger partial charge in [-0.2, -0.15) is 13.2 Å². The molecule has 2 rings (SSSR count). The first kappa shape index (κ1) is 24.7. The van der Waals surface area contributed by atoms with Crippen LogP contribution in [-0.4, -0.2) is 60.2 Å². The average molecular weight is 428 g/mol. The Hall–Kier alpha value is -2.31. The zero-order valence-electron chi connectivity index (χ0n) is 15.5. The van der Waals surface area contributed by atoms with Crippen molar-refractivity contribution in [3.8, 4) is 0 Å². The number of rotatable bonds is 4. The highest BCUT2D eigenvalue weighted by Crippen LogP contribution is 2.24. The van der Waals surface area contributed by atoms with Crippen LogP contribution >= 0.6 is 0 Å². The number of hydrogen-bond donors (Lipinski definition) is 4. The van der Waals surface area contributed by atoms with E-state index < -0.39 is 41.3 Å². The second-order valence-corrected chi connectivity index (χ2v) is 6.65. The third kappa shape index (κ3) is 7.55. The largest absolute Gasteiger partial charge is 0.490 e.